The molecule has 11 heteroatoms. The average Bonchev–Trinajstić information content (AvgIpc) is 2.91. The number of carbonyl (C=O) groups excluding carboxylic acids is 2. The van der Waals surface area contributed by atoms with Crippen molar-refractivity contribution in [3.8, 4) is 0 Å². The highest BCUT2D eigenvalue weighted by molar-refractivity contribution is 7.89. The molecule has 3 aromatic rings. The zero-order chi connectivity index (χ0) is 27.3. The number of benzene rings is 3. The van der Waals surface area contributed by atoms with Crippen molar-refractivity contribution in [3.63, 3.8) is 0 Å². The summed E-state index contributed by atoms with van der Waals surface area (Å²) in [6.45, 7) is 1.46. The Morgan fingerprint density at radius 1 is 1.05 bits per heavy atom. The number of nitrogen functional groups attached to an aromatic ring is 1. The first-order valence-electron chi connectivity index (χ1n) is 12.4. The Bertz CT molecular complexity index is 1450. The molecule has 7 N–H and O–H groups in total. The molecule has 0 radical (unpaired) electrons. The van der Waals surface area contributed by atoms with Gasteiger partial charge in [0.15, 0.2) is 11.7 Å². The maximum absolute atomic E-state index is 13.5. The molecule has 10 nitrogen and oxygen atoms in total. The van der Waals surface area contributed by atoms with Crippen LogP contribution in [0.3, 0.4) is 0 Å². The Morgan fingerprint density at radius 2 is 1.76 bits per heavy atom. The molecule has 0 aliphatic carbocycles. The van der Waals surface area contributed by atoms with Crippen LogP contribution in [0, 0.1) is 11.3 Å². The molecule has 4 rings (SSSR count). The van der Waals surface area contributed by atoms with E-state index in [9.17, 15) is 18.0 Å². The van der Waals surface area contributed by atoms with E-state index >= 15 is 0 Å². The number of sulfonamides is 1. The molecule has 0 saturated carbocycles. The second-order valence-electron chi connectivity index (χ2n) is 9.45. The molecule has 1 aliphatic rings. The van der Waals surface area contributed by atoms with Crippen molar-refractivity contribution in [1.29, 1.82) is 5.41 Å². The lowest BCUT2D eigenvalue weighted by molar-refractivity contribution is -0.122. The highest BCUT2D eigenvalue weighted by atomic mass is 32.2. The van der Waals surface area contributed by atoms with Crippen LogP contribution in [0.2, 0.25) is 0 Å². The summed E-state index contributed by atoms with van der Waals surface area (Å²) in [7, 11) is -4.18. The van der Waals surface area contributed by atoms with Gasteiger partial charge in [-0.05, 0) is 42.3 Å². The van der Waals surface area contributed by atoms with Gasteiger partial charge in [-0.15, -0.1) is 0 Å². The van der Waals surface area contributed by atoms with Crippen molar-refractivity contribution in [2.75, 3.05) is 25.4 Å². The fraction of sp³-hybridized carbons (Fsp3) is 0.296. The van der Waals surface area contributed by atoms with Gasteiger partial charge in [0.1, 0.15) is 6.04 Å². The quantitative estimate of drug-likeness (QED) is 0.120. The van der Waals surface area contributed by atoms with E-state index in [0.717, 1.165) is 18.2 Å². The Balaban J connectivity index is 1.57. The number of guanidine groups is 1. The van der Waals surface area contributed by atoms with E-state index in [4.69, 9.17) is 16.9 Å². The van der Waals surface area contributed by atoms with E-state index in [1.165, 1.54) is 6.07 Å². The molecule has 0 spiro atoms. The molecule has 2 atom stereocenters. The minimum absolute atomic E-state index is 0.0180. The third-order valence-corrected chi connectivity index (χ3v) is 8.26. The minimum Gasteiger partial charge on any atom is -0.398 e. The van der Waals surface area contributed by atoms with Crippen molar-refractivity contribution in [1.82, 2.24) is 14.9 Å². The van der Waals surface area contributed by atoms with E-state index in [0.29, 0.717) is 18.5 Å². The molecule has 1 fully saturated rings. The van der Waals surface area contributed by atoms with Gasteiger partial charge in [0, 0.05) is 42.7 Å². The van der Waals surface area contributed by atoms with E-state index in [1.807, 2.05) is 6.07 Å². The van der Waals surface area contributed by atoms with Gasteiger partial charge in [0.05, 0.1) is 4.90 Å². The fourth-order valence-electron chi connectivity index (χ4n) is 4.73. The molecular formula is C27H32N6O4S. The molecular weight excluding hydrogens is 504 g/mol. The molecule has 0 bridgehead atoms. The van der Waals surface area contributed by atoms with Crippen LogP contribution < -0.4 is 21.5 Å². The summed E-state index contributed by atoms with van der Waals surface area (Å²) in [4.78, 5) is 28.2. The molecule has 1 unspecified atom stereocenters. The molecule has 1 aliphatic heterocycles. The number of Topliss-reactive ketones (excluding diaryl/α,β-unsaturated/α-hetero) is 1. The van der Waals surface area contributed by atoms with Crippen LogP contribution in [-0.2, 0) is 14.8 Å². The van der Waals surface area contributed by atoms with E-state index in [2.05, 4.69) is 10.0 Å². The monoisotopic (exact) mass is 536 g/mol. The lowest BCUT2D eigenvalue weighted by atomic mass is 9.97. The Hall–Kier alpha value is -3.96. The number of para-hydroxylation sites is 1. The number of anilines is 1. The molecule has 1 heterocycles. The van der Waals surface area contributed by atoms with Gasteiger partial charge in [-0.3, -0.25) is 15.0 Å². The summed E-state index contributed by atoms with van der Waals surface area (Å²) < 4.78 is 29.5. The SMILES string of the molecule is N=C(N)N1CCCC(CNC(=O)[C@@H](CC(=O)c2ccccc2N)NS(=O)(=O)c2cccc3ccccc23)C1. The van der Waals surface area contributed by atoms with Gasteiger partial charge in [0.2, 0.25) is 15.9 Å². The van der Waals surface area contributed by atoms with E-state index in [1.54, 1.807) is 59.5 Å². The van der Waals surface area contributed by atoms with Gasteiger partial charge < -0.3 is 21.7 Å². The first-order valence-corrected chi connectivity index (χ1v) is 13.9. The largest absolute Gasteiger partial charge is 0.398 e. The summed E-state index contributed by atoms with van der Waals surface area (Å²) in [6, 6.07) is 17.0. The number of nitrogens with zero attached hydrogens (tertiary/aromatic N) is 1. The highest BCUT2D eigenvalue weighted by Crippen LogP contribution is 2.24. The van der Waals surface area contributed by atoms with Gasteiger partial charge in [-0.1, -0.05) is 48.5 Å². The number of hydrogen-bond acceptors (Lipinski definition) is 6. The van der Waals surface area contributed by atoms with Crippen molar-refractivity contribution in [3.05, 3.63) is 72.3 Å². The minimum atomic E-state index is -4.18. The highest BCUT2D eigenvalue weighted by Gasteiger charge is 2.30. The standard InChI is InChI=1S/C27H32N6O4S/c28-22-12-4-3-11-21(22)24(34)15-23(26(35)31-16-18-7-6-14-33(17-18)27(29)30)32-38(36,37)25-13-5-9-19-8-1-2-10-20(19)25/h1-5,8-13,18,23,32H,6-7,14-17,28H2,(H3,29,30)(H,31,35)/t18?,23-/m1/s1. The Labute approximate surface area is 221 Å². The molecule has 3 aromatic carbocycles. The summed E-state index contributed by atoms with van der Waals surface area (Å²) in [5, 5.41) is 11.7. The van der Waals surface area contributed by atoms with Crippen LogP contribution in [0.1, 0.15) is 29.6 Å². The summed E-state index contributed by atoms with van der Waals surface area (Å²) in [5.41, 5.74) is 12.0. The zero-order valence-electron chi connectivity index (χ0n) is 20.9. The van der Waals surface area contributed by atoms with Crippen LogP contribution in [-0.4, -0.2) is 56.6 Å². The topological polar surface area (TPSA) is 171 Å². The maximum atomic E-state index is 13.5. The number of fused-ring (bicyclic) bond motifs is 1. The Morgan fingerprint density at radius 3 is 2.53 bits per heavy atom. The van der Waals surface area contributed by atoms with Gasteiger partial charge >= 0.3 is 0 Å². The number of ketones is 1. The number of hydrogen-bond donors (Lipinski definition) is 5. The van der Waals surface area contributed by atoms with Crippen LogP contribution in [0.25, 0.3) is 10.8 Å². The van der Waals surface area contributed by atoms with Crippen LogP contribution in [0.5, 0.6) is 0 Å². The third kappa shape index (κ3) is 6.29. The summed E-state index contributed by atoms with van der Waals surface area (Å²) in [6.07, 6.45) is 1.24. The lowest BCUT2D eigenvalue weighted by Gasteiger charge is -2.33. The number of nitrogens with one attached hydrogen (secondary N) is 3. The van der Waals surface area contributed by atoms with Crippen LogP contribution >= 0.6 is 0 Å². The number of nitrogens with two attached hydrogens (primary N) is 2. The Kier molecular flexibility index (Phi) is 8.28. The number of piperidine rings is 1. The van der Waals surface area contributed by atoms with Crippen LogP contribution in [0.4, 0.5) is 5.69 Å². The molecule has 200 valence electrons. The second-order valence-corrected chi connectivity index (χ2v) is 11.1. The van der Waals surface area contributed by atoms with E-state index < -0.39 is 34.2 Å². The predicted molar refractivity (Wildman–Crippen MR) is 147 cm³/mol. The van der Waals surface area contributed by atoms with E-state index in [-0.39, 0.29) is 34.6 Å². The first kappa shape index (κ1) is 27.1. The number of amides is 1. The molecule has 38 heavy (non-hydrogen) atoms. The maximum Gasteiger partial charge on any atom is 0.241 e. The van der Waals surface area contributed by atoms with Crippen LogP contribution in [0.15, 0.2) is 71.6 Å². The number of likely N-dealkylation sites (tertiary alicyclic amines) is 1. The first-order chi connectivity index (χ1) is 18.2. The number of carbonyl (C=O) groups is 2. The summed E-state index contributed by atoms with van der Waals surface area (Å²) in [5.74, 6) is -1.05. The van der Waals surface area contributed by atoms with Gasteiger partial charge in [0.25, 0.3) is 0 Å². The fourth-order valence-corrected chi connectivity index (χ4v) is 6.16. The average molecular weight is 537 g/mol. The smallest absolute Gasteiger partial charge is 0.241 e. The molecule has 1 saturated heterocycles. The van der Waals surface area contributed by atoms with Gasteiger partial charge in [-0.2, -0.15) is 4.72 Å². The normalized spacial score (nSPS) is 16.6. The third-order valence-electron chi connectivity index (χ3n) is 6.73. The summed E-state index contributed by atoms with van der Waals surface area (Å²) >= 11 is 0. The lowest BCUT2D eigenvalue weighted by Crippen LogP contribution is -2.50. The number of rotatable bonds is 9. The molecule has 1 amide bonds. The zero-order valence-corrected chi connectivity index (χ0v) is 21.7. The van der Waals surface area contributed by atoms with Crippen molar-refractivity contribution in [2.45, 2.75) is 30.2 Å². The molecule has 0 aromatic heterocycles. The van der Waals surface area contributed by atoms with Crippen molar-refractivity contribution in [2.24, 2.45) is 11.7 Å². The second kappa shape index (κ2) is 11.6. The predicted octanol–water partition coefficient (Wildman–Crippen LogP) is 2.06. The van der Waals surface area contributed by atoms with Gasteiger partial charge in [-0.25, -0.2) is 8.42 Å². The van der Waals surface area contributed by atoms with Crippen molar-refractivity contribution < 1.29 is 18.0 Å². The van der Waals surface area contributed by atoms with Crippen molar-refractivity contribution >= 4 is 44.1 Å².